The van der Waals surface area contributed by atoms with E-state index in [-0.39, 0.29) is 24.0 Å². The van der Waals surface area contributed by atoms with Gasteiger partial charge in [-0.25, -0.2) is 0 Å². The van der Waals surface area contributed by atoms with Crippen LogP contribution in [0.25, 0.3) is 0 Å². The van der Waals surface area contributed by atoms with Crippen molar-refractivity contribution < 1.29 is 27.2 Å². The summed E-state index contributed by atoms with van der Waals surface area (Å²) in [5, 5.41) is 6.56. The minimum atomic E-state index is -4.71. The van der Waals surface area contributed by atoms with E-state index in [1.54, 1.807) is 0 Å². The normalized spacial score (nSPS) is 11.4. The number of carbonyl (C=O) groups excluding carboxylic acids is 1. The Hall–Kier alpha value is -2.16. The van der Waals surface area contributed by atoms with Gasteiger partial charge < -0.3 is 14.6 Å². The Kier molecular flexibility index (Phi) is 6.35. The highest BCUT2D eigenvalue weighted by Gasteiger charge is 2.30. The smallest absolute Gasteiger partial charge is 0.406 e. The standard InChI is InChI=1S/C16H17F3N2O3S/c1-10-14(11(2)24-21-10)8-25-9-15(22)20-7-12-3-5-13(6-4-12)23-16(17,18)19/h3-6H,7-9H2,1-2H3,(H,20,22). The van der Waals surface area contributed by atoms with E-state index in [1.165, 1.54) is 36.0 Å². The number of hydrogen-bond acceptors (Lipinski definition) is 5. The number of benzene rings is 1. The van der Waals surface area contributed by atoms with Crippen molar-refractivity contribution in [2.45, 2.75) is 32.5 Å². The Balaban J connectivity index is 1.73. The third-order valence-electron chi connectivity index (χ3n) is 3.31. The maximum atomic E-state index is 12.1. The molecular weight excluding hydrogens is 357 g/mol. The van der Waals surface area contributed by atoms with Gasteiger partial charge in [-0.1, -0.05) is 17.3 Å². The second-order valence-electron chi connectivity index (χ2n) is 5.26. The molecule has 0 spiro atoms. The molecule has 1 heterocycles. The van der Waals surface area contributed by atoms with Crippen LogP contribution in [0.15, 0.2) is 28.8 Å². The summed E-state index contributed by atoms with van der Waals surface area (Å²) in [5.41, 5.74) is 2.48. The maximum absolute atomic E-state index is 12.1. The molecule has 25 heavy (non-hydrogen) atoms. The molecule has 0 atom stereocenters. The molecule has 136 valence electrons. The summed E-state index contributed by atoms with van der Waals surface area (Å²) in [6.07, 6.45) is -4.71. The van der Waals surface area contributed by atoms with Gasteiger partial charge in [-0.2, -0.15) is 0 Å². The Bertz CT molecular complexity index is 695. The van der Waals surface area contributed by atoms with Crippen LogP contribution in [-0.2, 0) is 17.1 Å². The van der Waals surface area contributed by atoms with Gasteiger partial charge in [-0.3, -0.25) is 4.79 Å². The van der Waals surface area contributed by atoms with Crippen LogP contribution in [0.1, 0.15) is 22.6 Å². The number of rotatable bonds is 7. The maximum Gasteiger partial charge on any atom is 0.573 e. The second kappa shape index (κ2) is 8.28. The van der Waals surface area contributed by atoms with Crippen molar-refractivity contribution in [1.82, 2.24) is 10.5 Å². The zero-order valence-electron chi connectivity index (χ0n) is 13.6. The topological polar surface area (TPSA) is 64.4 Å². The molecular formula is C16H17F3N2O3S. The summed E-state index contributed by atoms with van der Waals surface area (Å²) < 4.78 is 45.1. The van der Waals surface area contributed by atoms with Gasteiger partial charge in [0.1, 0.15) is 11.5 Å². The number of carbonyl (C=O) groups is 1. The van der Waals surface area contributed by atoms with E-state index in [1.807, 2.05) is 13.8 Å². The SMILES string of the molecule is Cc1noc(C)c1CSCC(=O)NCc1ccc(OC(F)(F)F)cc1. The zero-order valence-corrected chi connectivity index (χ0v) is 14.5. The predicted octanol–water partition coefficient (Wildman–Crippen LogP) is 3.74. The second-order valence-corrected chi connectivity index (χ2v) is 6.25. The van der Waals surface area contributed by atoms with Crippen LogP contribution in [-0.4, -0.2) is 23.2 Å². The van der Waals surface area contributed by atoms with E-state index < -0.39 is 6.36 Å². The molecule has 0 bridgehead atoms. The Morgan fingerprint density at radius 3 is 2.52 bits per heavy atom. The molecule has 1 aromatic carbocycles. The number of halogens is 3. The lowest BCUT2D eigenvalue weighted by molar-refractivity contribution is -0.274. The molecule has 0 fully saturated rings. The van der Waals surface area contributed by atoms with Crippen LogP contribution in [0, 0.1) is 13.8 Å². The van der Waals surface area contributed by atoms with Crippen molar-refractivity contribution in [1.29, 1.82) is 0 Å². The first-order chi connectivity index (χ1) is 11.7. The van der Waals surface area contributed by atoms with Crippen molar-refractivity contribution in [2.24, 2.45) is 0 Å². The van der Waals surface area contributed by atoms with Crippen molar-refractivity contribution in [2.75, 3.05) is 5.75 Å². The van der Waals surface area contributed by atoms with Gasteiger partial charge in [-0.15, -0.1) is 24.9 Å². The van der Waals surface area contributed by atoms with E-state index >= 15 is 0 Å². The minimum absolute atomic E-state index is 0.160. The summed E-state index contributed by atoms with van der Waals surface area (Å²) in [6, 6.07) is 5.36. The molecule has 0 radical (unpaired) electrons. The molecule has 0 aliphatic heterocycles. The van der Waals surface area contributed by atoms with E-state index in [4.69, 9.17) is 4.52 Å². The minimum Gasteiger partial charge on any atom is -0.406 e. The van der Waals surface area contributed by atoms with Crippen LogP contribution < -0.4 is 10.1 Å². The van der Waals surface area contributed by atoms with Crippen molar-refractivity contribution in [3.05, 3.63) is 46.8 Å². The third-order valence-corrected chi connectivity index (χ3v) is 4.27. The average Bonchev–Trinajstić information content (AvgIpc) is 2.84. The fraction of sp³-hybridized carbons (Fsp3) is 0.375. The zero-order chi connectivity index (χ0) is 18.4. The number of hydrogen-bond donors (Lipinski definition) is 1. The highest BCUT2D eigenvalue weighted by atomic mass is 32.2. The van der Waals surface area contributed by atoms with Gasteiger partial charge in [0.2, 0.25) is 5.91 Å². The molecule has 0 unspecified atom stereocenters. The molecule has 0 saturated carbocycles. The van der Waals surface area contributed by atoms with Crippen LogP contribution in [0.3, 0.4) is 0 Å². The number of nitrogens with zero attached hydrogens (tertiary/aromatic N) is 1. The summed E-state index contributed by atoms with van der Waals surface area (Å²) in [4.78, 5) is 11.8. The highest BCUT2D eigenvalue weighted by Crippen LogP contribution is 2.23. The van der Waals surface area contributed by atoms with E-state index in [0.29, 0.717) is 11.3 Å². The fourth-order valence-electron chi connectivity index (χ4n) is 2.01. The first-order valence-electron chi connectivity index (χ1n) is 7.35. The molecule has 2 aromatic rings. The van der Waals surface area contributed by atoms with E-state index in [0.717, 1.165) is 17.0 Å². The number of ether oxygens (including phenoxy) is 1. The van der Waals surface area contributed by atoms with Gasteiger partial charge in [0.25, 0.3) is 0 Å². The average molecular weight is 374 g/mol. The molecule has 5 nitrogen and oxygen atoms in total. The molecule has 0 saturated heterocycles. The van der Waals surface area contributed by atoms with Crippen LogP contribution in [0.2, 0.25) is 0 Å². The predicted molar refractivity (Wildman–Crippen MR) is 87.1 cm³/mol. The lowest BCUT2D eigenvalue weighted by Crippen LogP contribution is -2.24. The number of aromatic nitrogens is 1. The highest BCUT2D eigenvalue weighted by molar-refractivity contribution is 7.99. The monoisotopic (exact) mass is 374 g/mol. The number of nitrogens with one attached hydrogen (secondary N) is 1. The molecule has 1 N–H and O–H groups in total. The number of amides is 1. The number of alkyl halides is 3. The van der Waals surface area contributed by atoms with Gasteiger partial charge in [0, 0.05) is 17.9 Å². The van der Waals surface area contributed by atoms with Crippen molar-refractivity contribution >= 4 is 17.7 Å². The van der Waals surface area contributed by atoms with Crippen LogP contribution in [0.4, 0.5) is 13.2 Å². The van der Waals surface area contributed by atoms with Gasteiger partial charge in [0.15, 0.2) is 0 Å². The Morgan fingerprint density at radius 1 is 1.28 bits per heavy atom. The summed E-state index contributed by atoms with van der Waals surface area (Å²) in [7, 11) is 0. The first-order valence-corrected chi connectivity index (χ1v) is 8.51. The molecule has 9 heteroatoms. The van der Waals surface area contributed by atoms with E-state index in [9.17, 15) is 18.0 Å². The lowest BCUT2D eigenvalue weighted by Gasteiger charge is -2.09. The van der Waals surface area contributed by atoms with Crippen molar-refractivity contribution in [3.8, 4) is 5.75 Å². The van der Waals surface area contributed by atoms with Gasteiger partial charge >= 0.3 is 6.36 Å². The molecule has 1 aromatic heterocycles. The summed E-state index contributed by atoms with van der Waals surface area (Å²) >= 11 is 1.43. The molecule has 1 amide bonds. The van der Waals surface area contributed by atoms with Crippen LogP contribution >= 0.6 is 11.8 Å². The number of thioether (sulfide) groups is 1. The largest absolute Gasteiger partial charge is 0.573 e. The third kappa shape index (κ3) is 6.33. The lowest BCUT2D eigenvalue weighted by atomic mass is 10.2. The molecule has 0 aliphatic carbocycles. The van der Waals surface area contributed by atoms with Crippen LogP contribution in [0.5, 0.6) is 5.75 Å². The Labute approximate surface area is 146 Å². The fourth-order valence-corrected chi connectivity index (χ4v) is 3.02. The van der Waals surface area contributed by atoms with Gasteiger partial charge in [0.05, 0.1) is 11.4 Å². The number of aryl methyl sites for hydroxylation is 2. The molecule has 2 rings (SSSR count). The summed E-state index contributed by atoms with van der Waals surface area (Å²) in [5.74, 6) is 1.17. The summed E-state index contributed by atoms with van der Waals surface area (Å²) in [6.45, 7) is 3.90. The van der Waals surface area contributed by atoms with E-state index in [2.05, 4.69) is 15.2 Å². The first kappa shape index (κ1) is 19.2. The Morgan fingerprint density at radius 2 is 1.96 bits per heavy atom. The van der Waals surface area contributed by atoms with Crippen molar-refractivity contribution in [3.63, 3.8) is 0 Å². The van der Waals surface area contributed by atoms with Gasteiger partial charge in [-0.05, 0) is 31.5 Å². The quantitative estimate of drug-likeness (QED) is 0.800. The molecule has 0 aliphatic rings.